The smallest absolute Gasteiger partial charge is 0.373 e. The number of hydrogen-bond donors (Lipinski definition) is 1. The summed E-state index contributed by atoms with van der Waals surface area (Å²) in [6, 6.07) is 0. The van der Waals surface area contributed by atoms with Gasteiger partial charge in [0.1, 0.15) is 0 Å². The summed E-state index contributed by atoms with van der Waals surface area (Å²) in [4.78, 5) is 17.6. The molecule has 1 aromatic heterocycles. The third-order valence-corrected chi connectivity index (χ3v) is 1.30. The Morgan fingerprint density at radius 3 is 2.45 bits per heavy atom. The molecule has 0 atom stereocenters. The van der Waals surface area contributed by atoms with E-state index in [0.29, 0.717) is 0 Å². The molecule has 0 saturated heterocycles. The fraction of sp³-hybridized carbons (Fsp3) is 0.286. The van der Waals surface area contributed by atoms with Crippen molar-refractivity contribution in [2.75, 3.05) is 0 Å². The molecule has 0 spiro atoms. The van der Waals surface area contributed by atoms with Crippen molar-refractivity contribution in [3.63, 3.8) is 0 Å². The highest BCUT2D eigenvalue weighted by Crippen LogP contribution is 1.95. The van der Waals surface area contributed by atoms with E-state index in [1.165, 1.54) is 12.4 Å². The zero-order valence-electron chi connectivity index (χ0n) is 6.11. The summed E-state index contributed by atoms with van der Waals surface area (Å²) in [5.74, 6) is -1.24. The molecule has 0 radical (unpaired) electrons. The third-order valence-electron chi connectivity index (χ3n) is 1.30. The van der Waals surface area contributed by atoms with Gasteiger partial charge in [-0.1, -0.05) is 6.92 Å². The molecule has 58 valence electrons. The summed E-state index contributed by atoms with van der Waals surface area (Å²) in [6.45, 7) is 1.96. The van der Waals surface area contributed by atoms with Crippen molar-refractivity contribution in [3.05, 3.63) is 23.8 Å². The maximum Gasteiger partial charge on any atom is 0.373 e. The van der Waals surface area contributed by atoms with E-state index in [9.17, 15) is 4.79 Å². The van der Waals surface area contributed by atoms with Crippen molar-refractivity contribution >= 4 is 5.97 Å². The van der Waals surface area contributed by atoms with Gasteiger partial charge in [0, 0.05) is 12.4 Å². The average Bonchev–Trinajstić information content (AvgIpc) is 2.05. The van der Waals surface area contributed by atoms with E-state index in [1.54, 1.807) is 0 Å². The van der Waals surface area contributed by atoms with Gasteiger partial charge in [0.2, 0.25) is 5.82 Å². The molecule has 0 saturated carbocycles. The molecule has 0 aliphatic carbocycles. The Labute approximate surface area is 63.9 Å². The molecule has 0 fully saturated rings. The van der Waals surface area contributed by atoms with Crippen LogP contribution in [0.15, 0.2) is 12.4 Å². The maximum absolute atomic E-state index is 10.3. The molecule has 0 bridgehead atoms. The van der Waals surface area contributed by atoms with Crippen LogP contribution in [-0.2, 0) is 6.42 Å². The zero-order valence-corrected chi connectivity index (χ0v) is 6.11. The minimum Gasteiger partial charge on any atom is -0.475 e. The van der Waals surface area contributed by atoms with Crippen molar-refractivity contribution in [1.29, 1.82) is 0 Å². The number of aromatic nitrogens is 2. The highest BCUT2D eigenvalue weighted by Gasteiger charge is 2.03. The molecule has 0 aliphatic rings. The van der Waals surface area contributed by atoms with Crippen molar-refractivity contribution in [2.24, 2.45) is 0 Å². The van der Waals surface area contributed by atoms with Crippen LogP contribution >= 0.6 is 0 Å². The van der Waals surface area contributed by atoms with E-state index < -0.39 is 5.97 Å². The van der Waals surface area contributed by atoms with Crippen LogP contribution < -0.4 is 0 Å². The lowest BCUT2D eigenvalue weighted by atomic mass is 10.3. The summed E-state index contributed by atoms with van der Waals surface area (Å²) in [7, 11) is 0. The zero-order chi connectivity index (χ0) is 8.27. The summed E-state index contributed by atoms with van der Waals surface area (Å²) in [5, 5.41) is 8.42. The Bertz CT molecular complexity index is 256. The quantitative estimate of drug-likeness (QED) is 0.678. The van der Waals surface area contributed by atoms with Crippen molar-refractivity contribution in [2.45, 2.75) is 13.3 Å². The molecule has 11 heavy (non-hydrogen) atoms. The van der Waals surface area contributed by atoms with Crippen molar-refractivity contribution < 1.29 is 9.90 Å². The minimum absolute atomic E-state index is 0.151. The number of carbonyl (C=O) groups is 1. The molecule has 1 N–H and O–H groups in total. The third kappa shape index (κ3) is 1.73. The topological polar surface area (TPSA) is 63.1 Å². The van der Waals surface area contributed by atoms with E-state index in [2.05, 4.69) is 9.97 Å². The van der Waals surface area contributed by atoms with E-state index >= 15 is 0 Å². The van der Waals surface area contributed by atoms with Gasteiger partial charge in [0.25, 0.3) is 0 Å². The van der Waals surface area contributed by atoms with Gasteiger partial charge in [-0.15, -0.1) is 0 Å². The molecular weight excluding hydrogens is 144 g/mol. The molecule has 4 nitrogen and oxygen atoms in total. The first-order valence-electron chi connectivity index (χ1n) is 3.28. The fourth-order valence-electron chi connectivity index (χ4n) is 0.648. The van der Waals surface area contributed by atoms with E-state index in [-0.39, 0.29) is 5.82 Å². The van der Waals surface area contributed by atoms with Crippen LogP contribution in [0.4, 0.5) is 0 Å². The van der Waals surface area contributed by atoms with Crippen molar-refractivity contribution in [3.8, 4) is 0 Å². The second kappa shape index (κ2) is 3.09. The van der Waals surface area contributed by atoms with Gasteiger partial charge in [0.15, 0.2) is 0 Å². The number of carboxylic acids is 1. The molecular formula is C7H8N2O2. The van der Waals surface area contributed by atoms with Gasteiger partial charge in [-0.3, -0.25) is 0 Å². The highest BCUT2D eigenvalue weighted by atomic mass is 16.4. The van der Waals surface area contributed by atoms with Crippen LogP contribution in [-0.4, -0.2) is 21.0 Å². The van der Waals surface area contributed by atoms with Gasteiger partial charge in [-0.25, -0.2) is 14.8 Å². The standard InChI is InChI=1S/C7H8N2O2/c1-2-5-3-8-6(7(10)11)9-4-5/h3-4H,2H2,1H3,(H,10,11). The second-order valence-corrected chi connectivity index (χ2v) is 2.07. The number of nitrogens with zero attached hydrogens (tertiary/aromatic N) is 2. The first-order chi connectivity index (χ1) is 5.24. The Morgan fingerprint density at radius 2 is 2.09 bits per heavy atom. The summed E-state index contributed by atoms with van der Waals surface area (Å²) < 4.78 is 0. The Hall–Kier alpha value is -1.45. The molecule has 0 aliphatic heterocycles. The van der Waals surface area contributed by atoms with E-state index in [1.807, 2.05) is 6.92 Å². The monoisotopic (exact) mass is 152 g/mol. The Morgan fingerprint density at radius 1 is 1.55 bits per heavy atom. The predicted octanol–water partition coefficient (Wildman–Crippen LogP) is 0.737. The summed E-state index contributed by atoms with van der Waals surface area (Å²) in [6.07, 6.45) is 3.87. The Kier molecular flexibility index (Phi) is 2.15. The fourth-order valence-corrected chi connectivity index (χ4v) is 0.648. The summed E-state index contributed by atoms with van der Waals surface area (Å²) in [5.41, 5.74) is 0.940. The number of aryl methyl sites for hydroxylation is 1. The molecule has 1 heterocycles. The second-order valence-electron chi connectivity index (χ2n) is 2.07. The largest absolute Gasteiger partial charge is 0.475 e. The minimum atomic E-state index is -1.09. The van der Waals surface area contributed by atoms with Crippen LogP contribution in [0.5, 0.6) is 0 Å². The molecule has 0 aromatic carbocycles. The van der Waals surface area contributed by atoms with Crippen LogP contribution in [0.2, 0.25) is 0 Å². The van der Waals surface area contributed by atoms with Crippen LogP contribution in [0.3, 0.4) is 0 Å². The van der Waals surface area contributed by atoms with E-state index in [4.69, 9.17) is 5.11 Å². The number of aromatic carboxylic acids is 1. The number of carboxylic acid groups (broad SMARTS) is 1. The van der Waals surface area contributed by atoms with Crippen molar-refractivity contribution in [1.82, 2.24) is 9.97 Å². The van der Waals surface area contributed by atoms with Gasteiger partial charge in [-0.2, -0.15) is 0 Å². The first-order valence-corrected chi connectivity index (χ1v) is 3.28. The van der Waals surface area contributed by atoms with Crippen LogP contribution in [0, 0.1) is 0 Å². The molecule has 1 rings (SSSR count). The van der Waals surface area contributed by atoms with Gasteiger partial charge in [0.05, 0.1) is 0 Å². The first kappa shape index (κ1) is 7.65. The van der Waals surface area contributed by atoms with Crippen LogP contribution in [0.1, 0.15) is 23.1 Å². The van der Waals surface area contributed by atoms with Gasteiger partial charge >= 0.3 is 5.97 Å². The van der Waals surface area contributed by atoms with Gasteiger partial charge in [-0.05, 0) is 12.0 Å². The summed E-state index contributed by atoms with van der Waals surface area (Å²) >= 11 is 0. The van der Waals surface area contributed by atoms with E-state index in [0.717, 1.165) is 12.0 Å². The van der Waals surface area contributed by atoms with Gasteiger partial charge < -0.3 is 5.11 Å². The normalized spacial score (nSPS) is 9.55. The number of rotatable bonds is 2. The van der Waals surface area contributed by atoms with Crippen LogP contribution in [0.25, 0.3) is 0 Å². The lowest BCUT2D eigenvalue weighted by Crippen LogP contribution is -2.03. The predicted molar refractivity (Wildman–Crippen MR) is 38.4 cm³/mol. The highest BCUT2D eigenvalue weighted by molar-refractivity contribution is 5.82. The lowest BCUT2D eigenvalue weighted by Gasteiger charge is -1.94. The SMILES string of the molecule is CCc1cnc(C(=O)O)nc1. The molecule has 1 aromatic rings. The molecule has 0 unspecified atom stereocenters. The molecule has 0 amide bonds. The number of hydrogen-bond acceptors (Lipinski definition) is 3. The lowest BCUT2D eigenvalue weighted by molar-refractivity contribution is 0.0683. The Balaban J connectivity index is 2.91. The molecule has 4 heteroatoms. The average molecular weight is 152 g/mol. The maximum atomic E-state index is 10.3.